The van der Waals surface area contributed by atoms with E-state index >= 15 is 0 Å². The van der Waals surface area contributed by atoms with Crippen LogP contribution in [0.2, 0.25) is 0 Å². The number of phosphoric acid groups is 2. The SMILES string of the molecule is CCCCCC/C=C\C=C/CCCCCCCC(=O)OC[C@H](COP(=O)(O)OC[C@@H](O)COP(=O)(O)OC[C@@H](COC(=O)CCCCCCCCCC)OC(=O)CCCCCCCCC(C)CC)OC(=O)CCCCCCCCCCCCCCCCCCCCCCCC. The molecular weight excluding hydrogens is 1250 g/mol. The number of allylic oxidation sites excluding steroid dienone is 4. The molecule has 6 atom stereocenters. The lowest BCUT2D eigenvalue weighted by Crippen LogP contribution is -2.30. The summed E-state index contributed by atoms with van der Waals surface area (Å²) in [4.78, 5) is 72.6. The van der Waals surface area contributed by atoms with E-state index in [0.29, 0.717) is 25.7 Å². The predicted molar refractivity (Wildman–Crippen MR) is 386 cm³/mol. The molecule has 95 heavy (non-hydrogen) atoms. The van der Waals surface area contributed by atoms with Crippen molar-refractivity contribution in [3.8, 4) is 0 Å². The number of carbonyl (C=O) groups excluding carboxylic acids is 4. The van der Waals surface area contributed by atoms with Crippen LogP contribution in [0, 0.1) is 5.92 Å². The summed E-state index contributed by atoms with van der Waals surface area (Å²) in [6.07, 6.45) is 60.8. The van der Waals surface area contributed by atoms with Crippen molar-refractivity contribution >= 4 is 39.5 Å². The molecule has 560 valence electrons. The molecule has 0 aromatic carbocycles. The fraction of sp³-hybridized carbons (Fsp3) is 0.895. The molecule has 0 rings (SSSR count). The lowest BCUT2D eigenvalue weighted by Gasteiger charge is -2.21. The third-order valence-electron chi connectivity index (χ3n) is 17.5. The summed E-state index contributed by atoms with van der Waals surface area (Å²) in [5, 5.41) is 10.6. The van der Waals surface area contributed by atoms with Crippen LogP contribution >= 0.6 is 15.6 Å². The largest absolute Gasteiger partial charge is 0.472 e. The molecule has 0 aromatic rings. The molecule has 0 aliphatic heterocycles. The Morgan fingerprint density at radius 1 is 0.337 bits per heavy atom. The van der Waals surface area contributed by atoms with E-state index in [9.17, 15) is 43.2 Å². The summed E-state index contributed by atoms with van der Waals surface area (Å²) < 4.78 is 68.3. The quantitative estimate of drug-likeness (QED) is 0.0169. The van der Waals surface area contributed by atoms with E-state index in [4.69, 9.17) is 37.0 Å². The topological polar surface area (TPSA) is 237 Å². The molecule has 0 bridgehead atoms. The van der Waals surface area contributed by atoms with Crippen molar-refractivity contribution in [2.45, 2.75) is 393 Å². The molecule has 0 heterocycles. The minimum atomic E-state index is -4.96. The predicted octanol–water partition coefficient (Wildman–Crippen LogP) is 22.0. The molecule has 17 nitrogen and oxygen atoms in total. The smallest absolute Gasteiger partial charge is 0.462 e. The second kappa shape index (κ2) is 68.7. The van der Waals surface area contributed by atoms with Crippen LogP contribution in [-0.4, -0.2) is 96.7 Å². The van der Waals surface area contributed by atoms with Crippen LogP contribution in [-0.2, 0) is 65.4 Å². The molecule has 3 unspecified atom stereocenters. The highest BCUT2D eigenvalue weighted by Crippen LogP contribution is 2.45. The van der Waals surface area contributed by atoms with Gasteiger partial charge in [0, 0.05) is 25.7 Å². The number of esters is 4. The van der Waals surface area contributed by atoms with E-state index in [0.717, 1.165) is 121 Å². The molecule has 19 heteroatoms. The summed E-state index contributed by atoms with van der Waals surface area (Å²) >= 11 is 0. The molecule has 0 aromatic heterocycles. The average Bonchev–Trinajstić information content (AvgIpc) is 1.55. The second-order valence-corrected chi connectivity index (χ2v) is 29.9. The molecule has 0 aliphatic rings. The molecule has 0 fully saturated rings. The maximum atomic E-state index is 13.1. The van der Waals surface area contributed by atoms with Crippen molar-refractivity contribution in [3.05, 3.63) is 24.3 Å². The average molecular weight is 1390 g/mol. The van der Waals surface area contributed by atoms with Crippen LogP contribution in [0.3, 0.4) is 0 Å². The Morgan fingerprint density at radius 2 is 0.589 bits per heavy atom. The fourth-order valence-electron chi connectivity index (χ4n) is 11.1. The van der Waals surface area contributed by atoms with Gasteiger partial charge in [-0.1, -0.05) is 322 Å². The maximum Gasteiger partial charge on any atom is 0.472 e. The van der Waals surface area contributed by atoms with Crippen molar-refractivity contribution in [2.24, 2.45) is 5.92 Å². The molecule has 0 amide bonds. The highest BCUT2D eigenvalue weighted by atomic mass is 31.2. The molecule has 3 N–H and O–H groups in total. The number of phosphoric ester groups is 2. The first-order valence-electron chi connectivity index (χ1n) is 39.0. The zero-order valence-electron chi connectivity index (χ0n) is 61.3. The van der Waals surface area contributed by atoms with Gasteiger partial charge in [-0.2, -0.15) is 0 Å². The third kappa shape index (κ3) is 68.5. The molecule has 0 saturated heterocycles. The molecule has 0 radical (unpaired) electrons. The van der Waals surface area contributed by atoms with Crippen LogP contribution in [0.25, 0.3) is 0 Å². The van der Waals surface area contributed by atoms with Crippen LogP contribution in [0.4, 0.5) is 0 Å². The number of carbonyl (C=O) groups is 4. The number of ether oxygens (including phenoxy) is 4. The normalized spacial score (nSPS) is 14.4. The highest BCUT2D eigenvalue weighted by molar-refractivity contribution is 7.47. The minimum absolute atomic E-state index is 0.101. The van der Waals surface area contributed by atoms with Crippen molar-refractivity contribution in [3.63, 3.8) is 0 Å². The molecule has 0 saturated carbocycles. The van der Waals surface area contributed by atoms with Gasteiger partial charge in [0.05, 0.1) is 26.4 Å². The molecule has 0 aliphatic carbocycles. The Hall–Kier alpha value is -2.46. The van der Waals surface area contributed by atoms with Crippen LogP contribution in [0.5, 0.6) is 0 Å². The number of rotatable bonds is 74. The highest BCUT2D eigenvalue weighted by Gasteiger charge is 2.30. The van der Waals surface area contributed by atoms with Crippen molar-refractivity contribution in [2.75, 3.05) is 39.6 Å². The summed E-state index contributed by atoms with van der Waals surface area (Å²) in [6, 6.07) is 0. The van der Waals surface area contributed by atoms with Gasteiger partial charge in [-0.3, -0.25) is 37.3 Å². The first-order valence-corrected chi connectivity index (χ1v) is 42.0. The fourth-order valence-corrected chi connectivity index (χ4v) is 12.7. The van der Waals surface area contributed by atoms with Crippen LogP contribution in [0.1, 0.15) is 375 Å². The van der Waals surface area contributed by atoms with Crippen molar-refractivity contribution < 1.29 is 80.2 Å². The van der Waals surface area contributed by atoms with Gasteiger partial charge in [0.15, 0.2) is 12.2 Å². The molecular formula is C76H144O17P2. The first-order chi connectivity index (χ1) is 46.1. The zero-order chi connectivity index (χ0) is 69.8. The van der Waals surface area contributed by atoms with E-state index in [1.807, 2.05) is 0 Å². The summed E-state index contributed by atoms with van der Waals surface area (Å²) in [5.41, 5.74) is 0. The standard InChI is InChI=1S/C76H144O17P2/c1-6-10-13-16-19-22-24-26-28-29-30-31-32-33-34-36-38-40-42-45-51-56-61-75(80)92-71(65-87-74(79)60-55-50-44-41-39-37-35-27-25-23-20-17-14-11-7-2)67-90-94(82,83)88-63-70(77)64-89-95(84,85)91-68-72(66-86-73(78)59-54-49-43-21-18-15-12-8-3)93-76(81)62-57-52-47-46-48-53-58-69(5)9-4/h23,25,27,35,69-72,77H,6-22,24,26,28-34,36-68H2,1-5H3,(H,82,83)(H,84,85)/b25-23-,35-27-/t69?,70-,71-,72-/m1/s1. The Morgan fingerprint density at radius 3 is 0.895 bits per heavy atom. The number of aliphatic hydroxyl groups is 1. The Balaban J connectivity index is 5.19. The van der Waals surface area contributed by atoms with Gasteiger partial charge in [-0.05, 0) is 57.3 Å². The van der Waals surface area contributed by atoms with Gasteiger partial charge >= 0.3 is 39.5 Å². The first kappa shape index (κ1) is 92.5. The zero-order valence-corrected chi connectivity index (χ0v) is 63.1. The lowest BCUT2D eigenvalue weighted by atomic mass is 10.00. The number of hydrogen-bond donors (Lipinski definition) is 3. The van der Waals surface area contributed by atoms with Crippen molar-refractivity contribution in [1.82, 2.24) is 0 Å². The van der Waals surface area contributed by atoms with Gasteiger partial charge in [0.1, 0.15) is 19.3 Å². The number of aliphatic hydroxyl groups excluding tert-OH is 1. The minimum Gasteiger partial charge on any atom is -0.462 e. The Labute approximate surface area is 580 Å². The summed E-state index contributed by atoms with van der Waals surface area (Å²) in [7, 11) is -9.92. The van der Waals surface area contributed by atoms with Gasteiger partial charge in [0.2, 0.25) is 0 Å². The van der Waals surface area contributed by atoms with Crippen LogP contribution < -0.4 is 0 Å². The van der Waals surface area contributed by atoms with E-state index < -0.39 is 97.5 Å². The van der Waals surface area contributed by atoms with Gasteiger partial charge in [-0.25, -0.2) is 9.13 Å². The monoisotopic (exact) mass is 1390 g/mol. The second-order valence-electron chi connectivity index (χ2n) is 26.9. The maximum absolute atomic E-state index is 13.1. The van der Waals surface area contributed by atoms with Gasteiger partial charge in [0.25, 0.3) is 0 Å². The Kier molecular flexibility index (Phi) is 66.9. The van der Waals surface area contributed by atoms with E-state index in [2.05, 4.69) is 58.9 Å². The molecule has 0 spiro atoms. The van der Waals surface area contributed by atoms with E-state index in [1.165, 1.54) is 173 Å². The van der Waals surface area contributed by atoms with Gasteiger partial charge in [-0.15, -0.1) is 0 Å². The van der Waals surface area contributed by atoms with Gasteiger partial charge < -0.3 is 33.8 Å². The van der Waals surface area contributed by atoms with Crippen LogP contribution in [0.15, 0.2) is 24.3 Å². The van der Waals surface area contributed by atoms with Crippen molar-refractivity contribution in [1.29, 1.82) is 0 Å². The Bertz CT molecular complexity index is 1920. The third-order valence-corrected chi connectivity index (χ3v) is 19.4. The summed E-state index contributed by atoms with van der Waals surface area (Å²) in [6.45, 7) is 7.13. The lowest BCUT2D eigenvalue weighted by molar-refractivity contribution is -0.161. The summed E-state index contributed by atoms with van der Waals surface area (Å²) in [5.74, 6) is -1.43. The van der Waals surface area contributed by atoms with E-state index in [1.54, 1.807) is 0 Å². The van der Waals surface area contributed by atoms with E-state index in [-0.39, 0.29) is 25.7 Å². The number of unbranched alkanes of at least 4 members (excludes halogenated alkanes) is 42. The number of hydrogen-bond acceptors (Lipinski definition) is 15.